The Hall–Kier alpha value is 0.154. The fourth-order valence-corrected chi connectivity index (χ4v) is 8.49. The van der Waals surface area contributed by atoms with Gasteiger partial charge in [0.15, 0.2) is 0 Å². The van der Waals surface area contributed by atoms with Gasteiger partial charge < -0.3 is 31.5 Å². The van der Waals surface area contributed by atoms with E-state index < -0.39 is 17.9 Å². The van der Waals surface area contributed by atoms with E-state index in [-0.39, 0.29) is 0 Å². The van der Waals surface area contributed by atoms with Gasteiger partial charge in [0.05, 0.1) is 27.2 Å². The summed E-state index contributed by atoms with van der Waals surface area (Å²) in [5, 5.41) is 0. The minimum Gasteiger partial charge on any atom is -0.390 e. The van der Waals surface area contributed by atoms with Crippen LogP contribution in [0.25, 0.3) is 0 Å². The summed E-state index contributed by atoms with van der Waals surface area (Å²) in [6.45, 7) is 4.33. The summed E-state index contributed by atoms with van der Waals surface area (Å²) in [4.78, 5) is 20.8. The van der Waals surface area contributed by atoms with E-state index in [0.717, 1.165) is 24.0 Å². The van der Waals surface area contributed by atoms with Crippen molar-refractivity contribution in [2.75, 3.05) is 48.5 Å². The molecule has 0 bridgehead atoms. The molecule has 212 valence electrons. The molecule has 2 N–H and O–H groups in total. The minimum atomic E-state index is -3.82. The number of rotatable bonds is 26. The van der Waals surface area contributed by atoms with Crippen molar-refractivity contribution in [3.63, 3.8) is 0 Å². The molecule has 0 amide bonds. The molecule has 0 rings (SSSR count). The summed E-state index contributed by atoms with van der Waals surface area (Å²) in [5.74, 6) is 0. The van der Waals surface area contributed by atoms with Gasteiger partial charge in [-0.15, -0.1) is 0 Å². The largest absolute Gasteiger partial charge is 0.668 e. The highest BCUT2D eigenvalue weighted by Gasteiger charge is 2.51. The zero-order valence-electron chi connectivity index (χ0n) is 24.1. The number of unbranched alkanes of at least 4 members (excludes halogenated alkanes) is 15. The van der Waals surface area contributed by atoms with E-state index in [9.17, 15) is 9.59 Å². The summed E-state index contributed by atoms with van der Waals surface area (Å²) in [6.07, 6.45) is 22.9. The molecule has 0 aliphatic carbocycles. The van der Waals surface area contributed by atoms with Gasteiger partial charge >= 0.3 is 17.9 Å². The predicted molar refractivity (Wildman–Crippen MR) is 149 cm³/mol. The van der Waals surface area contributed by atoms with Gasteiger partial charge in [-0.05, 0) is 12.8 Å². The first kappa shape index (κ1) is 35.2. The fraction of sp³-hybridized carbons (Fsp3) is 1.00. The van der Waals surface area contributed by atoms with Gasteiger partial charge in [-0.3, -0.25) is 0 Å². The molecule has 0 aliphatic heterocycles. The normalized spacial score (nSPS) is 14.4. The van der Waals surface area contributed by atoms with Crippen LogP contribution in [0.4, 0.5) is 0 Å². The molecule has 0 aromatic carbocycles. The highest BCUT2D eigenvalue weighted by Crippen LogP contribution is 2.19. The molecule has 0 aliphatic rings. The van der Waals surface area contributed by atoms with Gasteiger partial charge in [0.25, 0.3) is 0 Å². The van der Waals surface area contributed by atoms with E-state index in [2.05, 4.69) is 21.0 Å². The van der Waals surface area contributed by atoms with Crippen molar-refractivity contribution in [3.8, 4) is 0 Å². The maximum Gasteiger partial charge on any atom is 0.668 e. The van der Waals surface area contributed by atoms with Crippen molar-refractivity contribution >= 4 is 17.9 Å². The Morgan fingerprint density at radius 1 is 0.543 bits per heavy atom. The number of nitrogens with zero attached hydrogens (tertiary/aromatic N) is 1. The molecule has 0 heterocycles. The van der Waals surface area contributed by atoms with Crippen molar-refractivity contribution in [1.29, 1.82) is 0 Å². The highest BCUT2D eigenvalue weighted by molar-refractivity contribution is 6.70. The van der Waals surface area contributed by atoms with Crippen LogP contribution < -0.4 is 0 Å². The number of quaternary nitrogens is 1. The van der Waals surface area contributed by atoms with Crippen molar-refractivity contribution < 1.29 is 31.5 Å². The summed E-state index contributed by atoms with van der Waals surface area (Å²) in [6, 6.07) is 0.367. The topological polar surface area (TPSA) is 77.4 Å². The zero-order valence-corrected chi connectivity index (χ0v) is 26.1. The highest BCUT2D eigenvalue weighted by atomic mass is 28.5. The first-order valence-corrected chi connectivity index (χ1v) is 17.9. The first-order chi connectivity index (χ1) is 16.7. The van der Waals surface area contributed by atoms with E-state index >= 15 is 0 Å². The van der Waals surface area contributed by atoms with Crippen molar-refractivity contribution in [2.24, 2.45) is 0 Å². The molecule has 9 heteroatoms. The lowest BCUT2D eigenvalue weighted by Gasteiger charge is -2.32. The Labute approximate surface area is 220 Å². The van der Waals surface area contributed by atoms with Gasteiger partial charge in [-0.2, -0.15) is 0 Å². The van der Waals surface area contributed by atoms with E-state index in [1.807, 2.05) is 0 Å². The lowest BCUT2D eigenvalue weighted by molar-refractivity contribution is -0.890. The average molecular weight is 539 g/mol. The third kappa shape index (κ3) is 19.9. The molecule has 0 aromatic rings. The van der Waals surface area contributed by atoms with Crippen LogP contribution in [0.15, 0.2) is 0 Å². The van der Waals surface area contributed by atoms with Crippen LogP contribution in [0.5, 0.6) is 0 Å². The molecular weight excluding hydrogens is 478 g/mol. The van der Waals surface area contributed by atoms with E-state index in [1.165, 1.54) is 124 Å². The van der Waals surface area contributed by atoms with Crippen LogP contribution in [-0.2, 0) is 17.4 Å². The van der Waals surface area contributed by atoms with Crippen LogP contribution in [0.3, 0.4) is 0 Å². The molecule has 0 fully saturated rings. The van der Waals surface area contributed by atoms with Crippen molar-refractivity contribution in [1.82, 2.24) is 0 Å². The van der Waals surface area contributed by atoms with Gasteiger partial charge in [0, 0.05) is 33.8 Å². The third-order valence-electron chi connectivity index (χ3n) is 7.00. The van der Waals surface area contributed by atoms with E-state index in [4.69, 9.17) is 17.4 Å². The Bertz CT molecular complexity index is 483. The van der Waals surface area contributed by atoms with Gasteiger partial charge in [0.1, 0.15) is 0 Å². The van der Waals surface area contributed by atoms with E-state index in [0.29, 0.717) is 6.04 Å². The van der Waals surface area contributed by atoms with Crippen LogP contribution in [-0.4, -0.2) is 80.4 Å². The lowest BCUT2D eigenvalue weighted by atomic mass is 10.0. The quantitative estimate of drug-likeness (QED) is 0.0795. The maximum atomic E-state index is 10.6. The van der Waals surface area contributed by atoms with Gasteiger partial charge in [0.2, 0.25) is 0 Å². The van der Waals surface area contributed by atoms with Gasteiger partial charge in [-0.1, -0.05) is 96.8 Å². The minimum absolute atomic E-state index is 0.367. The van der Waals surface area contributed by atoms with Crippen molar-refractivity contribution in [3.05, 3.63) is 0 Å². The summed E-state index contributed by atoms with van der Waals surface area (Å²) in [7, 11) is 1.13. The molecule has 35 heavy (non-hydrogen) atoms. The second kappa shape index (κ2) is 21.1. The Kier molecular flexibility index (Phi) is 21.2. The first-order valence-electron chi connectivity index (χ1n) is 14.3. The molecule has 0 spiro atoms. The molecule has 0 radical (unpaired) electrons. The standard InChI is InChI=1S/C26H60NO6Si2/c1-7-8-9-10-11-12-13-14-15-16-17-18-19-20-21-22-24-27(2,3)25-23-26-34(28,30-4)33-35(29,31-5)32-6/h28-29H,7-26H2,1-6H3/q+1. The Morgan fingerprint density at radius 2 is 0.914 bits per heavy atom. The summed E-state index contributed by atoms with van der Waals surface area (Å²) < 4.78 is 21.4. The van der Waals surface area contributed by atoms with Crippen LogP contribution >= 0.6 is 0 Å². The Morgan fingerprint density at radius 3 is 1.29 bits per heavy atom. The summed E-state index contributed by atoms with van der Waals surface area (Å²) >= 11 is 0. The van der Waals surface area contributed by atoms with Gasteiger partial charge in [-0.25, -0.2) is 0 Å². The van der Waals surface area contributed by atoms with Crippen LogP contribution in [0, 0.1) is 0 Å². The maximum absolute atomic E-state index is 10.6. The molecule has 7 nitrogen and oxygen atoms in total. The molecule has 1 unspecified atom stereocenters. The van der Waals surface area contributed by atoms with Crippen LogP contribution in [0.2, 0.25) is 6.04 Å². The molecule has 0 aromatic heterocycles. The zero-order chi connectivity index (χ0) is 26.5. The lowest BCUT2D eigenvalue weighted by Crippen LogP contribution is -2.56. The molecule has 0 saturated carbocycles. The van der Waals surface area contributed by atoms with Crippen LogP contribution in [0.1, 0.15) is 116 Å². The smallest absolute Gasteiger partial charge is 0.390 e. The second-order valence-corrected chi connectivity index (χ2v) is 15.8. The number of hydrogen-bond acceptors (Lipinski definition) is 6. The fourth-order valence-electron chi connectivity index (χ4n) is 4.49. The Balaban J connectivity index is 3.72. The molecule has 1 atom stereocenters. The SMILES string of the molecule is CCCCCCCCCCCCCCCCCC[N+](C)(C)CCC[Si](O)(OC)O[Si](O)(OC)OC. The predicted octanol–water partition coefficient (Wildman–Crippen LogP) is 6.03. The second-order valence-electron chi connectivity index (χ2n) is 10.7. The molecule has 0 saturated heterocycles. The van der Waals surface area contributed by atoms with E-state index in [1.54, 1.807) is 0 Å². The third-order valence-corrected chi connectivity index (χ3v) is 12.0. The monoisotopic (exact) mass is 538 g/mol. The molecular formula is C26H60NO6Si2+. The average Bonchev–Trinajstić information content (AvgIpc) is 2.83. The van der Waals surface area contributed by atoms with Crippen molar-refractivity contribution in [2.45, 2.75) is 122 Å². The number of hydrogen-bond donors (Lipinski definition) is 2. The summed E-state index contributed by atoms with van der Waals surface area (Å²) in [5.41, 5.74) is 0.